The highest BCUT2D eigenvalue weighted by atomic mass is 35.5. The van der Waals surface area contributed by atoms with E-state index in [9.17, 15) is 5.11 Å². The SMILES string of the molecule is Cc1cc(-c2nc(CN3CCNC[C@@H]3C)no2)cc2cn(Cc3ccc(Cl)cc3)c(O)c12. The number of hydrogen-bond donors (Lipinski definition) is 2. The van der Waals surface area contributed by atoms with Gasteiger partial charge >= 0.3 is 0 Å². The van der Waals surface area contributed by atoms with Crippen LogP contribution in [0.1, 0.15) is 23.9 Å². The molecule has 4 aromatic rings. The molecule has 3 heterocycles. The Kier molecular flexibility index (Phi) is 5.63. The lowest BCUT2D eigenvalue weighted by Crippen LogP contribution is -2.49. The summed E-state index contributed by atoms with van der Waals surface area (Å²) in [5.74, 6) is 1.44. The number of piperazine rings is 1. The Hall–Kier alpha value is -2.87. The number of nitrogens with zero attached hydrogens (tertiary/aromatic N) is 4. The predicted molar refractivity (Wildman–Crippen MR) is 125 cm³/mol. The van der Waals surface area contributed by atoms with E-state index in [1.54, 1.807) is 0 Å². The topological polar surface area (TPSA) is 79.4 Å². The third-order valence-corrected chi connectivity index (χ3v) is 6.37. The lowest BCUT2D eigenvalue weighted by Gasteiger charge is -2.32. The minimum absolute atomic E-state index is 0.248. The summed E-state index contributed by atoms with van der Waals surface area (Å²) in [5, 5.41) is 20.9. The number of aromatic nitrogens is 3. The van der Waals surface area contributed by atoms with Gasteiger partial charge in [0.15, 0.2) is 11.7 Å². The maximum absolute atomic E-state index is 10.8. The Morgan fingerprint density at radius 1 is 1.22 bits per heavy atom. The Labute approximate surface area is 191 Å². The largest absolute Gasteiger partial charge is 0.494 e. The van der Waals surface area contributed by atoms with E-state index < -0.39 is 0 Å². The van der Waals surface area contributed by atoms with Gasteiger partial charge in [-0.2, -0.15) is 4.98 Å². The molecule has 0 saturated carbocycles. The second-order valence-electron chi connectivity index (χ2n) is 8.50. The fraction of sp³-hybridized carbons (Fsp3) is 0.333. The molecule has 2 aromatic heterocycles. The van der Waals surface area contributed by atoms with E-state index in [0.717, 1.165) is 47.1 Å². The molecule has 166 valence electrons. The van der Waals surface area contributed by atoms with E-state index >= 15 is 0 Å². The molecule has 0 unspecified atom stereocenters. The lowest BCUT2D eigenvalue weighted by atomic mass is 10.1. The molecule has 1 saturated heterocycles. The second-order valence-corrected chi connectivity index (χ2v) is 8.94. The van der Waals surface area contributed by atoms with Crippen molar-refractivity contribution in [1.29, 1.82) is 0 Å². The first-order chi connectivity index (χ1) is 15.5. The molecule has 5 rings (SSSR count). The highest BCUT2D eigenvalue weighted by Crippen LogP contribution is 2.34. The first-order valence-corrected chi connectivity index (χ1v) is 11.2. The summed E-state index contributed by atoms with van der Waals surface area (Å²) in [7, 11) is 0. The van der Waals surface area contributed by atoms with Crippen LogP contribution >= 0.6 is 11.6 Å². The van der Waals surface area contributed by atoms with E-state index in [-0.39, 0.29) is 5.88 Å². The van der Waals surface area contributed by atoms with Crippen LogP contribution in [0.4, 0.5) is 0 Å². The molecule has 32 heavy (non-hydrogen) atoms. The van der Waals surface area contributed by atoms with Crippen LogP contribution in [0.2, 0.25) is 5.02 Å². The molecule has 2 aromatic carbocycles. The van der Waals surface area contributed by atoms with Gasteiger partial charge < -0.3 is 19.5 Å². The van der Waals surface area contributed by atoms with Gasteiger partial charge in [-0.3, -0.25) is 4.90 Å². The zero-order valence-corrected chi connectivity index (χ0v) is 18.9. The van der Waals surface area contributed by atoms with Crippen molar-refractivity contribution in [2.45, 2.75) is 33.0 Å². The molecule has 1 aliphatic heterocycles. The molecule has 8 heteroatoms. The molecule has 0 amide bonds. The van der Waals surface area contributed by atoms with Gasteiger partial charge in [-0.25, -0.2) is 0 Å². The summed E-state index contributed by atoms with van der Waals surface area (Å²) in [6.07, 6.45) is 1.95. The van der Waals surface area contributed by atoms with Crippen LogP contribution in [0, 0.1) is 6.92 Å². The Balaban J connectivity index is 1.42. The standard InChI is InChI=1S/C24H26ClN5O2/c1-15-9-18(23-27-21(28-32-23)14-29-8-7-26-11-16(29)2)10-19-13-30(24(31)22(15)19)12-17-3-5-20(25)6-4-17/h3-6,9-10,13,16,26,31H,7-8,11-12,14H2,1-2H3/t16-/m0/s1. The van der Waals surface area contributed by atoms with Crippen molar-refractivity contribution < 1.29 is 9.63 Å². The number of benzene rings is 2. The number of hydrogen-bond acceptors (Lipinski definition) is 6. The van der Waals surface area contributed by atoms with Gasteiger partial charge in [0.05, 0.1) is 13.1 Å². The molecule has 1 aliphatic rings. The first kappa shape index (κ1) is 21.0. The van der Waals surface area contributed by atoms with Gasteiger partial charge in [0.1, 0.15) is 0 Å². The van der Waals surface area contributed by atoms with Crippen molar-refractivity contribution in [2.24, 2.45) is 0 Å². The van der Waals surface area contributed by atoms with Gasteiger partial charge in [-0.05, 0) is 49.2 Å². The molecular formula is C24H26ClN5O2. The zero-order chi connectivity index (χ0) is 22.2. The number of rotatable bonds is 5. The van der Waals surface area contributed by atoms with Crippen molar-refractivity contribution in [2.75, 3.05) is 19.6 Å². The summed E-state index contributed by atoms with van der Waals surface area (Å²) in [6.45, 7) is 8.32. The van der Waals surface area contributed by atoms with Crippen LogP contribution in [0.15, 0.2) is 47.1 Å². The summed E-state index contributed by atoms with van der Waals surface area (Å²) >= 11 is 5.99. The number of nitrogens with one attached hydrogen (secondary N) is 1. The van der Waals surface area contributed by atoms with Crippen LogP contribution in [0.5, 0.6) is 5.88 Å². The maximum Gasteiger partial charge on any atom is 0.258 e. The van der Waals surface area contributed by atoms with Crippen LogP contribution in [-0.2, 0) is 13.1 Å². The van der Waals surface area contributed by atoms with Crippen LogP contribution in [0.25, 0.3) is 22.2 Å². The number of halogens is 1. The molecule has 0 radical (unpaired) electrons. The molecule has 2 N–H and O–H groups in total. The third kappa shape index (κ3) is 4.11. The average Bonchev–Trinajstić information content (AvgIpc) is 3.36. The van der Waals surface area contributed by atoms with Crippen LogP contribution < -0.4 is 5.32 Å². The Morgan fingerprint density at radius 2 is 2.03 bits per heavy atom. The molecular weight excluding hydrogens is 426 g/mol. The van der Waals surface area contributed by atoms with E-state index in [4.69, 9.17) is 16.1 Å². The first-order valence-electron chi connectivity index (χ1n) is 10.8. The van der Waals surface area contributed by atoms with Crippen LogP contribution in [-0.4, -0.2) is 50.4 Å². The van der Waals surface area contributed by atoms with E-state index in [0.29, 0.717) is 35.9 Å². The fourth-order valence-corrected chi connectivity index (χ4v) is 4.49. The fourth-order valence-electron chi connectivity index (χ4n) is 4.36. The minimum atomic E-state index is 0.248. The average molecular weight is 452 g/mol. The van der Waals surface area contributed by atoms with Crippen molar-refractivity contribution in [3.8, 4) is 17.3 Å². The van der Waals surface area contributed by atoms with Gasteiger partial charge in [0.2, 0.25) is 0 Å². The summed E-state index contributed by atoms with van der Waals surface area (Å²) in [5.41, 5.74) is 2.87. The monoisotopic (exact) mass is 451 g/mol. The molecule has 0 spiro atoms. The smallest absolute Gasteiger partial charge is 0.258 e. The Morgan fingerprint density at radius 3 is 2.81 bits per heavy atom. The zero-order valence-electron chi connectivity index (χ0n) is 18.2. The van der Waals surface area contributed by atoms with Crippen molar-refractivity contribution in [1.82, 2.24) is 24.9 Å². The summed E-state index contributed by atoms with van der Waals surface area (Å²) in [4.78, 5) is 7.00. The minimum Gasteiger partial charge on any atom is -0.494 e. The highest BCUT2D eigenvalue weighted by Gasteiger charge is 2.21. The number of fused-ring (bicyclic) bond motifs is 1. The van der Waals surface area contributed by atoms with E-state index in [1.165, 1.54) is 0 Å². The van der Waals surface area contributed by atoms with Gasteiger partial charge in [0.25, 0.3) is 5.89 Å². The lowest BCUT2D eigenvalue weighted by molar-refractivity contribution is 0.160. The van der Waals surface area contributed by atoms with Crippen molar-refractivity contribution in [3.63, 3.8) is 0 Å². The van der Waals surface area contributed by atoms with Crippen molar-refractivity contribution >= 4 is 22.4 Å². The number of aromatic hydroxyl groups is 1. The summed E-state index contributed by atoms with van der Waals surface area (Å²) < 4.78 is 7.43. The molecule has 7 nitrogen and oxygen atoms in total. The molecule has 0 bridgehead atoms. The van der Waals surface area contributed by atoms with Gasteiger partial charge in [-0.1, -0.05) is 28.9 Å². The van der Waals surface area contributed by atoms with E-state index in [1.807, 2.05) is 54.1 Å². The third-order valence-electron chi connectivity index (χ3n) is 6.12. The van der Waals surface area contributed by atoms with Gasteiger partial charge in [0, 0.05) is 53.2 Å². The van der Waals surface area contributed by atoms with Gasteiger partial charge in [-0.15, -0.1) is 0 Å². The van der Waals surface area contributed by atoms with E-state index in [2.05, 4.69) is 27.3 Å². The quantitative estimate of drug-likeness (QED) is 0.473. The molecule has 1 atom stereocenters. The van der Waals surface area contributed by atoms with Crippen molar-refractivity contribution in [3.05, 3.63) is 64.6 Å². The second kappa shape index (κ2) is 8.58. The molecule has 0 aliphatic carbocycles. The van der Waals surface area contributed by atoms with Crippen LogP contribution in [0.3, 0.4) is 0 Å². The normalized spacial score (nSPS) is 17.3. The number of aryl methyl sites for hydroxylation is 1. The Bertz CT molecular complexity index is 1250. The predicted octanol–water partition coefficient (Wildman–Crippen LogP) is 4.20. The maximum atomic E-state index is 10.8. The summed E-state index contributed by atoms with van der Waals surface area (Å²) in [6, 6.07) is 12.1. The highest BCUT2D eigenvalue weighted by molar-refractivity contribution is 6.30. The molecule has 1 fully saturated rings.